The van der Waals surface area contributed by atoms with E-state index >= 15 is 4.39 Å². The van der Waals surface area contributed by atoms with Crippen molar-refractivity contribution < 1.29 is 28.2 Å². The largest absolute Gasteiger partial charge is 0.507 e. The van der Waals surface area contributed by atoms with E-state index in [-0.39, 0.29) is 33.9 Å². The monoisotopic (exact) mass is 577 g/mol. The first-order chi connectivity index (χ1) is 19.3. The van der Waals surface area contributed by atoms with Crippen LogP contribution in [0.3, 0.4) is 0 Å². The number of halogens is 2. The summed E-state index contributed by atoms with van der Waals surface area (Å²) in [6.07, 6.45) is 0.596. The minimum atomic E-state index is -1.28. The molecule has 1 amide bonds. The standard InChI is InChI=1S/C29H21F2N3O4S2/c1-15-12-18-13-16(10-11-22(18)38-15)25(35)23-24(19-7-3-5-9-21(19)31)34(27(37)26(23)36)28-32-33-29(40-28)39-14-17-6-2-4-8-20(17)30/h2-11,13,15,24,35H,12,14H2,1H3/b25-23+/t15-,24+/m1/s1. The summed E-state index contributed by atoms with van der Waals surface area (Å²) in [5.74, 6) is -2.39. The van der Waals surface area contributed by atoms with Crippen LogP contribution in [0.4, 0.5) is 13.9 Å². The Hall–Kier alpha value is -4.09. The number of anilines is 1. The molecule has 11 heteroatoms. The Morgan fingerprint density at radius 2 is 1.82 bits per heavy atom. The first kappa shape index (κ1) is 26.1. The average molecular weight is 578 g/mol. The van der Waals surface area contributed by atoms with Gasteiger partial charge in [-0.15, -0.1) is 10.2 Å². The molecule has 40 heavy (non-hydrogen) atoms. The van der Waals surface area contributed by atoms with Gasteiger partial charge >= 0.3 is 5.91 Å². The third-order valence-corrected chi connectivity index (χ3v) is 8.83. The summed E-state index contributed by atoms with van der Waals surface area (Å²) in [6.45, 7) is 1.92. The number of amides is 1. The van der Waals surface area contributed by atoms with Crippen molar-refractivity contribution in [3.63, 3.8) is 0 Å². The first-order valence-electron chi connectivity index (χ1n) is 12.4. The lowest BCUT2D eigenvalue weighted by molar-refractivity contribution is -0.132. The summed E-state index contributed by atoms with van der Waals surface area (Å²) >= 11 is 2.24. The van der Waals surface area contributed by atoms with E-state index in [0.717, 1.165) is 21.8 Å². The fourth-order valence-corrected chi connectivity index (χ4v) is 6.71. The van der Waals surface area contributed by atoms with Crippen LogP contribution < -0.4 is 9.64 Å². The van der Waals surface area contributed by atoms with Gasteiger partial charge in [-0.25, -0.2) is 8.78 Å². The highest BCUT2D eigenvalue weighted by Gasteiger charge is 2.49. The SMILES string of the molecule is C[C@@H]1Cc2cc(/C(O)=C3\C(=O)C(=O)N(c4nnc(SCc5ccccc5F)s4)[C@H]3c3ccccc3F)ccc2O1. The van der Waals surface area contributed by atoms with E-state index in [9.17, 15) is 19.1 Å². The maximum atomic E-state index is 15.2. The summed E-state index contributed by atoms with van der Waals surface area (Å²) in [6, 6.07) is 15.8. The van der Waals surface area contributed by atoms with E-state index in [2.05, 4.69) is 10.2 Å². The molecule has 4 aromatic rings. The van der Waals surface area contributed by atoms with Crippen molar-refractivity contribution in [1.82, 2.24) is 10.2 Å². The predicted octanol–water partition coefficient (Wildman–Crippen LogP) is 6.06. The van der Waals surface area contributed by atoms with E-state index in [1.165, 1.54) is 36.0 Å². The smallest absolute Gasteiger partial charge is 0.301 e. The second kappa shape index (κ2) is 10.5. The molecule has 0 radical (unpaired) electrons. The number of rotatable bonds is 6. The van der Waals surface area contributed by atoms with Gasteiger partial charge in [0, 0.05) is 23.3 Å². The molecule has 1 aromatic heterocycles. The molecule has 202 valence electrons. The Labute approximate surface area is 236 Å². The van der Waals surface area contributed by atoms with Gasteiger partial charge in [-0.05, 0) is 48.4 Å². The molecule has 1 fully saturated rings. The van der Waals surface area contributed by atoms with Crippen LogP contribution in [0.1, 0.15) is 35.2 Å². The van der Waals surface area contributed by atoms with Crippen LogP contribution in [0.25, 0.3) is 5.76 Å². The number of carbonyl (C=O) groups is 2. The predicted molar refractivity (Wildman–Crippen MR) is 147 cm³/mol. The minimum absolute atomic E-state index is 0.0251. The summed E-state index contributed by atoms with van der Waals surface area (Å²) in [5, 5.41) is 19.7. The number of ether oxygens (including phenoxy) is 1. The third-order valence-electron chi connectivity index (χ3n) is 6.72. The molecule has 3 aromatic carbocycles. The van der Waals surface area contributed by atoms with E-state index in [0.29, 0.717) is 27.6 Å². The van der Waals surface area contributed by atoms with Crippen LogP contribution in [-0.2, 0) is 21.8 Å². The van der Waals surface area contributed by atoms with Crippen molar-refractivity contribution in [2.75, 3.05) is 4.90 Å². The number of hydrogen-bond donors (Lipinski definition) is 1. The Balaban J connectivity index is 1.40. The molecule has 1 N–H and O–H groups in total. The number of benzene rings is 3. The molecule has 0 aliphatic carbocycles. The summed E-state index contributed by atoms with van der Waals surface area (Å²) < 4.78 is 35.4. The molecule has 2 aliphatic heterocycles. The number of nitrogens with zero attached hydrogens (tertiary/aromatic N) is 3. The van der Waals surface area contributed by atoms with Gasteiger partial charge in [0.1, 0.15) is 35.3 Å². The normalized spacial score (nSPS) is 19.6. The molecule has 3 heterocycles. The van der Waals surface area contributed by atoms with Gasteiger partial charge in [-0.1, -0.05) is 59.5 Å². The maximum Gasteiger partial charge on any atom is 0.301 e. The van der Waals surface area contributed by atoms with Crippen LogP contribution in [0, 0.1) is 11.6 Å². The van der Waals surface area contributed by atoms with Crippen LogP contribution in [-0.4, -0.2) is 33.1 Å². The third kappa shape index (κ3) is 4.65. The number of ketones is 1. The highest BCUT2D eigenvalue weighted by Crippen LogP contribution is 2.45. The molecule has 1 saturated heterocycles. The number of hydrogen-bond acceptors (Lipinski definition) is 8. The minimum Gasteiger partial charge on any atom is -0.507 e. The Morgan fingerprint density at radius 3 is 2.60 bits per heavy atom. The summed E-state index contributed by atoms with van der Waals surface area (Å²) in [7, 11) is 0. The Morgan fingerprint density at radius 1 is 1.07 bits per heavy atom. The molecule has 2 aliphatic rings. The van der Waals surface area contributed by atoms with Crippen LogP contribution in [0.5, 0.6) is 5.75 Å². The topological polar surface area (TPSA) is 92.6 Å². The molecule has 0 spiro atoms. The molecule has 0 saturated carbocycles. The van der Waals surface area contributed by atoms with Gasteiger partial charge < -0.3 is 9.84 Å². The Kier molecular flexibility index (Phi) is 6.85. The number of fused-ring (bicyclic) bond motifs is 1. The highest BCUT2D eigenvalue weighted by molar-refractivity contribution is 8.00. The van der Waals surface area contributed by atoms with Gasteiger partial charge in [0.25, 0.3) is 5.78 Å². The van der Waals surface area contributed by atoms with E-state index in [1.807, 2.05) is 6.92 Å². The zero-order valence-corrected chi connectivity index (χ0v) is 22.6. The number of thioether (sulfide) groups is 1. The number of Topliss-reactive ketones (excluding diaryl/α,β-unsaturated/α-hetero) is 1. The zero-order chi connectivity index (χ0) is 28.0. The Bertz CT molecular complexity index is 1690. The van der Waals surface area contributed by atoms with Gasteiger partial charge in [0.05, 0.1) is 5.57 Å². The summed E-state index contributed by atoms with van der Waals surface area (Å²) in [4.78, 5) is 27.8. The van der Waals surface area contributed by atoms with Crippen LogP contribution in [0.2, 0.25) is 0 Å². The van der Waals surface area contributed by atoms with Crippen molar-refractivity contribution in [2.45, 2.75) is 35.6 Å². The lowest BCUT2D eigenvalue weighted by atomic mass is 9.94. The number of carbonyl (C=O) groups excluding carboxylic acids is 2. The van der Waals surface area contributed by atoms with Crippen molar-refractivity contribution in [2.24, 2.45) is 0 Å². The van der Waals surface area contributed by atoms with Crippen molar-refractivity contribution in [3.05, 3.63) is 106 Å². The van der Waals surface area contributed by atoms with Gasteiger partial charge in [0.15, 0.2) is 4.34 Å². The molecule has 7 nitrogen and oxygen atoms in total. The van der Waals surface area contributed by atoms with E-state index in [1.54, 1.807) is 42.5 Å². The molecular formula is C29H21F2N3O4S2. The number of aliphatic hydroxyl groups is 1. The second-order valence-corrected chi connectivity index (χ2v) is 11.6. The molecule has 6 rings (SSSR count). The second-order valence-electron chi connectivity index (χ2n) is 9.38. The van der Waals surface area contributed by atoms with E-state index in [4.69, 9.17) is 4.74 Å². The quantitative estimate of drug-likeness (QED) is 0.0980. The average Bonchev–Trinajstić information content (AvgIpc) is 3.63. The molecular weight excluding hydrogens is 556 g/mol. The lowest BCUT2D eigenvalue weighted by Crippen LogP contribution is -2.29. The van der Waals surface area contributed by atoms with Gasteiger partial charge in [-0.3, -0.25) is 14.5 Å². The fraction of sp³-hybridized carbons (Fsp3) is 0.172. The number of aromatic nitrogens is 2. The van der Waals surface area contributed by atoms with Gasteiger partial charge in [-0.2, -0.15) is 0 Å². The van der Waals surface area contributed by atoms with Crippen LogP contribution in [0.15, 0.2) is 76.6 Å². The van der Waals surface area contributed by atoms with Crippen molar-refractivity contribution in [3.8, 4) is 5.75 Å². The summed E-state index contributed by atoms with van der Waals surface area (Å²) in [5.41, 5.74) is 1.42. The van der Waals surface area contributed by atoms with Gasteiger partial charge in [0.2, 0.25) is 5.13 Å². The number of aliphatic hydroxyl groups excluding tert-OH is 1. The lowest BCUT2D eigenvalue weighted by Gasteiger charge is -2.22. The van der Waals surface area contributed by atoms with E-state index < -0.39 is 29.3 Å². The van der Waals surface area contributed by atoms with Crippen LogP contribution >= 0.6 is 23.1 Å². The zero-order valence-electron chi connectivity index (χ0n) is 21.0. The van der Waals surface area contributed by atoms with Crippen molar-refractivity contribution in [1.29, 1.82) is 0 Å². The first-order valence-corrected chi connectivity index (χ1v) is 14.2. The molecule has 0 unspecified atom stereocenters. The highest BCUT2D eigenvalue weighted by atomic mass is 32.2. The molecule has 0 bridgehead atoms. The maximum absolute atomic E-state index is 15.2. The van der Waals surface area contributed by atoms with Crippen molar-refractivity contribution >= 4 is 45.7 Å². The molecule has 2 atom stereocenters. The fourth-order valence-electron chi connectivity index (χ4n) is 4.86.